The molecule has 0 spiro atoms. The van der Waals surface area contributed by atoms with Crippen molar-refractivity contribution in [2.24, 2.45) is 11.1 Å². The number of likely N-dealkylation sites (tertiary alicyclic amines) is 1. The number of hydrogen-bond acceptors (Lipinski definition) is 3. The number of halogens is 3. The molecule has 2 fully saturated rings. The molecule has 0 saturated carbocycles. The molecular weight excluding hydrogens is 375 g/mol. The van der Waals surface area contributed by atoms with Gasteiger partial charge in [0.05, 0.1) is 18.8 Å². The van der Waals surface area contributed by atoms with E-state index < -0.39 is 11.7 Å². The van der Waals surface area contributed by atoms with Crippen molar-refractivity contribution < 1.29 is 22.7 Å². The van der Waals surface area contributed by atoms with Gasteiger partial charge in [0.25, 0.3) is 0 Å². The summed E-state index contributed by atoms with van der Waals surface area (Å²) in [5, 5.41) is 2.92. The molecule has 0 bridgehead atoms. The number of hydrogen-bond donors (Lipinski definition) is 1. The van der Waals surface area contributed by atoms with Crippen molar-refractivity contribution in [1.29, 1.82) is 0 Å². The molecule has 2 atom stereocenters. The average Bonchev–Trinajstić information content (AvgIpc) is 2.71. The first-order valence-corrected chi connectivity index (χ1v) is 9.24. The molecule has 154 valence electrons. The summed E-state index contributed by atoms with van der Waals surface area (Å²) in [5.41, 5.74) is 11.3. The zero-order chi connectivity index (χ0) is 20.1. The molecule has 0 aromatic heterocycles. The Morgan fingerprint density at radius 2 is 1.86 bits per heavy atom. The second-order valence-electron chi connectivity index (χ2n) is 7.17. The Bertz CT molecular complexity index is 677. The Morgan fingerprint density at radius 1 is 1.18 bits per heavy atom. The summed E-state index contributed by atoms with van der Waals surface area (Å²) in [4.78, 5) is 16.4. The average molecular weight is 398 g/mol. The standard InChI is InChI=1S/C18H23F3N5O2/c19-18(20,21)16-3-1-14(2-4-16)15-9-13(10-23-24-22)11-26(12-15)17(27)25-5-7-28-8-6-25/h1-4,13,15H,5-12H2,(H-,22,23)/q-1. The molecule has 1 aromatic rings. The molecule has 2 unspecified atom stereocenters. The maximum atomic E-state index is 12.9. The van der Waals surface area contributed by atoms with Gasteiger partial charge >= 0.3 is 12.2 Å². The van der Waals surface area contributed by atoms with Crippen LogP contribution in [0.15, 0.2) is 29.5 Å². The van der Waals surface area contributed by atoms with Crippen molar-refractivity contribution >= 4 is 6.03 Å². The molecule has 10 heteroatoms. The number of urea groups is 1. The summed E-state index contributed by atoms with van der Waals surface area (Å²) in [6.45, 7) is 3.35. The lowest BCUT2D eigenvalue weighted by Crippen LogP contribution is -2.53. The summed E-state index contributed by atoms with van der Waals surface area (Å²) in [5.74, 6) is -0.0755. The minimum Gasteiger partial charge on any atom is -0.414 e. The quantitative estimate of drug-likeness (QED) is 0.625. The number of carbonyl (C=O) groups excluding carboxylic acids is 1. The number of ether oxygens (including phenoxy) is 1. The van der Waals surface area contributed by atoms with Crippen LogP contribution in [-0.2, 0) is 10.9 Å². The van der Waals surface area contributed by atoms with Gasteiger partial charge in [0.15, 0.2) is 0 Å². The van der Waals surface area contributed by atoms with Crippen molar-refractivity contribution in [2.45, 2.75) is 18.5 Å². The summed E-state index contributed by atoms with van der Waals surface area (Å²) in [6, 6.07) is 5.03. The Labute approximate surface area is 161 Å². The molecule has 0 radical (unpaired) electrons. The van der Waals surface area contributed by atoms with Crippen LogP contribution in [0.3, 0.4) is 0 Å². The Hall–Kier alpha value is -2.36. The van der Waals surface area contributed by atoms with Gasteiger partial charge in [0.1, 0.15) is 0 Å². The van der Waals surface area contributed by atoms with E-state index >= 15 is 0 Å². The van der Waals surface area contributed by atoms with Crippen molar-refractivity contribution in [2.75, 3.05) is 45.9 Å². The highest BCUT2D eigenvalue weighted by Gasteiger charge is 2.34. The molecular formula is C18H23F3N5O2-. The number of nitrogens with one attached hydrogen (secondary N) is 1. The highest BCUT2D eigenvalue weighted by molar-refractivity contribution is 5.74. The van der Waals surface area contributed by atoms with E-state index in [1.807, 2.05) is 0 Å². The minimum absolute atomic E-state index is 0.0157. The normalized spacial score (nSPS) is 23.4. The smallest absolute Gasteiger partial charge is 0.414 e. The first-order chi connectivity index (χ1) is 13.4. The van der Waals surface area contributed by atoms with Crippen LogP contribution in [0.5, 0.6) is 0 Å². The molecule has 2 heterocycles. The predicted molar refractivity (Wildman–Crippen MR) is 95.4 cm³/mol. The molecule has 3 rings (SSSR count). The third-order valence-electron chi connectivity index (χ3n) is 5.25. The third kappa shape index (κ3) is 4.92. The molecule has 28 heavy (non-hydrogen) atoms. The SMILES string of the molecule is [N-]=NNCC1CC(c2ccc(C(F)(F)F)cc2)CN(C(=O)N2CCOCC2)C1. The minimum atomic E-state index is -4.38. The lowest BCUT2D eigenvalue weighted by molar-refractivity contribution is -0.137. The molecule has 2 amide bonds. The van der Waals surface area contributed by atoms with Crippen molar-refractivity contribution in [3.8, 4) is 0 Å². The van der Waals surface area contributed by atoms with Gasteiger partial charge in [0.2, 0.25) is 0 Å². The lowest BCUT2D eigenvalue weighted by Gasteiger charge is -2.41. The highest BCUT2D eigenvalue weighted by atomic mass is 19.4. The summed E-state index contributed by atoms with van der Waals surface area (Å²) in [6.07, 6.45) is -3.70. The van der Waals surface area contributed by atoms with Gasteiger partial charge in [-0.3, -0.25) is 5.22 Å². The van der Waals surface area contributed by atoms with Gasteiger partial charge in [-0.15, -0.1) is 0 Å². The molecule has 1 aromatic carbocycles. The van der Waals surface area contributed by atoms with Crippen LogP contribution in [0.4, 0.5) is 18.0 Å². The summed E-state index contributed by atoms with van der Waals surface area (Å²) < 4.78 is 43.8. The van der Waals surface area contributed by atoms with Crippen LogP contribution in [0, 0.1) is 5.92 Å². The maximum absolute atomic E-state index is 12.9. The Kier molecular flexibility index (Phi) is 6.38. The molecule has 2 aliphatic heterocycles. The van der Waals surface area contributed by atoms with Crippen molar-refractivity contribution in [3.05, 3.63) is 40.9 Å². The van der Waals surface area contributed by atoms with Crippen LogP contribution in [0.1, 0.15) is 23.5 Å². The zero-order valence-electron chi connectivity index (χ0n) is 15.4. The van der Waals surface area contributed by atoms with E-state index in [9.17, 15) is 18.0 Å². The van der Waals surface area contributed by atoms with E-state index in [1.165, 1.54) is 12.1 Å². The van der Waals surface area contributed by atoms with E-state index in [4.69, 9.17) is 10.3 Å². The monoisotopic (exact) mass is 398 g/mol. The van der Waals surface area contributed by atoms with Gasteiger partial charge in [-0.1, -0.05) is 12.1 Å². The topological polar surface area (TPSA) is 79.5 Å². The van der Waals surface area contributed by atoms with Gasteiger partial charge in [-0.05, 0) is 36.6 Å². The lowest BCUT2D eigenvalue weighted by atomic mass is 9.84. The number of benzene rings is 1. The number of piperidine rings is 1. The Balaban J connectivity index is 1.75. The zero-order valence-corrected chi connectivity index (χ0v) is 15.4. The number of alkyl halides is 3. The fraction of sp³-hybridized carbons (Fsp3) is 0.611. The van der Waals surface area contributed by atoms with Crippen LogP contribution in [-0.4, -0.2) is 61.8 Å². The largest absolute Gasteiger partial charge is 0.416 e. The van der Waals surface area contributed by atoms with Crippen LogP contribution >= 0.6 is 0 Å². The fourth-order valence-electron chi connectivity index (χ4n) is 3.82. The molecule has 7 nitrogen and oxygen atoms in total. The first-order valence-electron chi connectivity index (χ1n) is 9.24. The maximum Gasteiger partial charge on any atom is 0.416 e. The number of nitrogens with zero attached hydrogens (tertiary/aromatic N) is 4. The van der Waals surface area contributed by atoms with Crippen molar-refractivity contribution in [1.82, 2.24) is 15.2 Å². The van der Waals surface area contributed by atoms with E-state index in [2.05, 4.69) is 10.6 Å². The molecule has 0 aliphatic carbocycles. The second kappa shape index (κ2) is 8.76. The summed E-state index contributed by atoms with van der Waals surface area (Å²) in [7, 11) is 0. The summed E-state index contributed by atoms with van der Waals surface area (Å²) >= 11 is 0. The van der Waals surface area contributed by atoms with Crippen LogP contribution in [0.25, 0.3) is 5.53 Å². The number of carbonyl (C=O) groups is 1. The molecule has 2 aliphatic rings. The van der Waals surface area contributed by atoms with Crippen LogP contribution < -0.4 is 5.43 Å². The predicted octanol–water partition coefficient (Wildman–Crippen LogP) is 3.09. The van der Waals surface area contributed by atoms with Gasteiger partial charge in [-0.2, -0.15) is 13.2 Å². The van der Waals surface area contributed by atoms with Crippen LogP contribution in [0.2, 0.25) is 0 Å². The van der Waals surface area contributed by atoms with E-state index in [1.54, 1.807) is 9.80 Å². The molecule has 1 N–H and O–H groups in total. The second-order valence-corrected chi connectivity index (χ2v) is 7.17. The van der Waals surface area contributed by atoms with Gasteiger partial charge in [0, 0.05) is 32.1 Å². The highest BCUT2D eigenvalue weighted by Crippen LogP contribution is 2.34. The third-order valence-corrected chi connectivity index (χ3v) is 5.25. The number of amides is 2. The Morgan fingerprint density at radius 3 is 2.46 bits per heavy atom. The van der Waals surface area contributed by atoms with E-state index in [-0.39, 0.29) is 17.9 Å². The number of rotatable bonds is 4. The molecule has 2 saturated heterocycles. The van der Waals surface area contributed by atoms with Gasteiger partial charge < -0.3 is 25.5 Å². The van der Waals surface area contributed by atoms with E-state index in [0.29, 0.717) is 52.4 Å². The van der Waals surface area contributed by atoms with E-state index in [0.717, 1.165) is 17.7 Å². The number of morpholine rings is 1. The fourth-order valence-corrected chi connectivity index (χ4v) is 3.82. The first kappa shape index (κ1) is 20.4. The van der Waals surface area contributed by atoms with Crippen molar-refractivity contribution in [3.63, 3.8) is 0 Å². The van der Waals surface area contributed by atoms with Gasteiger partial charge in [-0.25, -0.2) is 4.79 Å².